The van der Waals surface area contributed by atoms with Crippen LogP contribution in [-0.4, -0.2) is 0 Å². The van der Waals surface area contributed by atoms with Crippen LogP contribution in [0.3, 0.4) is 0 Å². The van der Waals surface area contributed by atoms with Gasteiger partial charge in [-0.3, -0.25) is 0 Å². The van der Waals surface area contributed by atoms with Crippen molar-refractivity contribution in [1.82, 2.24) is 0 Å². The first-order chi connectivity index (χ1) is 13.3. The Morgan fingerprint density at radius 3 is 1.04 bits per heavy atom. The molecular formula is C27H32. The van der Waals surface area contributed by atoms with Crippen molar-refractivity contribution >= 4 is 0 Å². The van der Waals surface area contributed by atoms with E-state index in [0.717, 1.165) is 0 Å². The van der Waals surface area contributed by atoms with Crippen LogP contribution in [0.25, 0.3) is 0 Å². The maximum atomic E-state index is 2.33. The molecule has 3 aromatic rings. The Balaban J connectivity index is 1.85. The summed E-state index contributed by atoms with van der Waals surface area (Å²) < 4.78 is 0. The number of hydrogen-bond acceptors (Lipinski definition) is 0. The molecule has 0 aromatic heterocycles. The molecule has 3 rings (SSSR count). The van der Waals surface area contributed by atoms with Crippen LogP contribution in [0, 0.1) is 0 Å². The van der Waals surface area contributed by atoms with Gasteiger partial charge in [0, 0.05) is 0 Å². The van der Waals surface area contributed by atoms with Crippen LogP contribution in [0.15, 0.2) is 91.0 Å². The summed E-state index contributed by atoms with van der Waals surface area (Å²) in [6.07, 6.45) is 4.81. The molecule has 0 aliphatic rings. The summed E-state index contributed by atoms with van der Waals surface area (Å²) in [5, 5.41) is 0. The predicted molar refractivity (Wildman–Crippen MR) is 117 cm³/mol. The third-order valence-electron chi connectivity index (χ3n) is 5.94. The van der Waals surface area contributed by atoms with Crippen molar-refractivity contribution < 1.29 is 0 Å². The van der Waals surface area contributed by atoms with Gasteiger partial charge in [0.2, 0.25) is 0 Å². The van der Waals surface area contributed by atoms with Gasteiger partial charge in [-0.05, 0) is 60.1 Å². The van der Waals surface area contributed by atoms with Crippen LogP contribution < -0.4 is 0 Å². The van der Waals surface area contributed by atoms with Crippen LogP contribution in [0.4, 0.5) is 0 Å². The third-order valence-corrected chi connectivity index (χ3v) is 5.94. The van der Waals surface area contributed by atoms with E-state index in [1.165, 1.54) is 42.4 Å². The zero-order chi connectivity index (χ0) is 18.9. The molecule has 140 valence electrons. The van der Waals surface area contributed by atoms with Crippen LogP contribution in [0.2, 0.25) is 0 Å². The van der Waals surface area contributed by atoms with Gasteiger partial charge in [-0.1, -0.05) is 105 Å². The lowest BCUT2D eigenvalue weighted by molar-refractivity contribution is 0.450. The molecule has 2 unspecified atom stereocenters. The Labute approximate surface area is 165 Å². The minimum Gasteiger partial charge on any atom is -0.0648 e. The summed E-state index contributed by atoms with van der Waals surface area (Å²) in [4.78, 5) is 0. The molecule has 0 heterocycles. The van der Waals surface area contributed by atoms with Crippen molar-refractivity contribution in [2.75, 3.05) is 0 Å². The first-order valence-electron chi connectivity index (χ1n) is 10.5. The van der Waals surface area contributed by atoms with E-state index in [4.69, 9.17) is 0 Å². The molecule has 0 amide bonds. The standard InChI is InChI=1S/C27H32/c1-3-22(24-14-8-5-9-15-24)20-27(26-18-12-7-13-19-26)21-23(4-2)25-16-10-6-11-17-25/h5-19,22-23,27H,3-4,20-21H2,1-2H3. The Morgan fingerprint density at radius 2 is 0.741 bits per heavy atom. The molecule has 27 heavy (non-hydrogen) atoms. The lowest BCUT2D eigenvalue weighted by Crippen LogP contribution is -2.11. The van der Waals surface area contributed by atoms with Gasteiger partial charge >= 0.3 is 0 Å². The molecule has 0 saturated heterocycles. The molecule has 2 atom stereocenters. The molecule has 0 radical (unpaired) electrons. The van der Waals surface area contributed by atoms with E-state index in [1.54, 1.807) is 0 Å². The molecule has 0 fully saturated rings. The van der Waals surface area contributed by atoms with Gasteiger partial charge in [-0.15, -0.1) is 0 Å². The third kappa shape index (κ3) is 5.32. The SMILES string of the molecule is CCC(CC(CC(CC)c1ccccc1)c1ccccc1)c1ccccc1. The highest BCUT2D eigenvalue weighted by Crippen LogP contribution is 2.39. The molecule has 0 nitrogen and oxygen atoms in total. The average Bonchev–Trinajstić information content (AvgIpc) is 2.76. The van der Waals surface area contributed by atoms with Crippen LogP contribution in [0.1, 0.15) is 74.0 Å². The smallest absolute Gasteiger partial charge is 0.0150 e. The molecule has 0 aliphatic carbocycles. The summed E-state index contributed by atoms with van der Waals surface area (Å²) in [5.41, 5.74) is 4.45. The molecule has 0 heteroatoms. The molecule has 0 saturated carbocycles. The van der Waals surface area contributed by atoms with E-state index >= 15 is 0 Å². The summed E-state index contributed by atoms with van der Waals surface area (Å²) in [6.45, 7) is 4.66. The zero-order valence-corrected chi connectivity index (χ0v) is 16.7. The van der Waals surface area contributed by atoms with Crippen LogP contribution >= 0.6 is 0 Å². The number of hydrogen-bond donors (Lipinski definition) is 0. The lowest BCUT2D eigenvalue weighted by atomic mass is 9.77. The van der Waals surface area contributed by atoms with Crippen LogP contribution in [0.5, 0.6) is 0 Å². The van der Waals surface area contributed by atoms with Crippen molar-refractivity contribution in [3.8, 4) is 0 Å². The summed E-state index contributed by atoms with van der Waals surface area (Å²) in [7, 11) is 0. The second-order valence-corrected chi connectivity index (χ2v) is 7.61. The van der Waals surface area contributed by atoms with E-state index < -0.39 is 0 Å². The summed E-state index contributed by atoms with van der Waals surface area (Å²) in [6, 6.07) is 33.3. The van der Waals surface area contributed by atoms with Crippen molar-refractivity contribution in [3.05, 3.63) is 108 Å². The summed E-state index contributed by atoms with van der Waals surface area (Å²) in [5.74, 6) is 1.82. The van der Waals surface area contributed by atoms with Gasteiger partial charge in [0.05, 0.1) is 0 Å². The van der Waals surface area contributed by atoms with Gasteiger partial charge < -0.3 is 0 Å². The van der Waals surface area contributed by atoms with Crippen molar-refractivity contribution in [2.24, 2.45) is 0 Å². The molecule has 0 spiro atoms. The molecule has 0 N–H and O–H groups in total. The van der Waals surface area contributed by atoms with Gasteiger partial charge in [0.25, 0.3) is 0 Å². The van der Waals surface area contributed by atoms with E-state index in [9.17, 15) is 0 Å². The monoisotopic (exact) mass is 356 g/mol. The minimum atomic E-state index is 0.585. The average molecular weight is 357 g/mol. The number of benzene rings is 3. The second kappa shape index (κ2) is 10.1. The van der Waals surface area contributed by atoms with Crippen LogP contribution in [-0.2, 0) is 0 Å². The first-order valence-corrected chi connectivity index (χ1v) is 10.5. The molecule has 0 aliphatic heterocycles. The van der Waals surface area contributed by atoms with Gasteiger partial charge in [0.1, 0.15) is 0 Å². The highest BCUT2D eigenvalue weighted by molar-refractivity contribution is 5.26. The fourth-order valence-corrected chi connectivity index (χ4v) is 4.31. The maximum Gasteiger partial charge on any atom is -0.0150 e. The van der Waals surface area contributed by atoms with E-state index in [1.807, 2.05) is 0 Å². The van der Waals surface area contributed by atoms with Crippen molar-refractivity contribution in [3.63, 3.8) is 0 Å². The molecule has 3 aromatic carbocycles. The normalized spacial score (nSPS) is 14.4. The van der Waals surface area contributed by atoms with E-state index in [0.29, 0.717) is 17.8 Å². The van der Waals surface area contributed by atoms with Gasteiger partial charge in [-0.25, -0.2) is 0 Å². The Morgan fingerprint density at radius 1 is 0.444 bits per heavy atom. The Bertz CT molecular complexity index is 711. The summed E-state index contributed by atoms with van der Waals surface area (Å²) >= 11 is 0. The largest absolute Gasteiger partial charge is 0.0648 e. The Hall–Kier alpha value is -2.34. The highest BCUT2D eigenvalue weighted by atomic mass is 14.3. The van der Waals surface area contributed by atoms with E-state index in [2.05, 4.69) is 105 Å². The quantitative estimate of drug-likeness (QED) is 0.365. The maximum absolute atomic E-state index is 2.33. The number of rotatable bonds is 9. The van der Waals surface area contributed by atoms with Gasteiger partial charge in [-0.2, -0.15) is 0 Å². The molecule has 0 bridgehead atoms. The lowest BCUT2D eigenvalue weighted by Gasteiger charge is -2.27. The zero-order valence-electron chi connectivity index (χ0n) is 16.7. The molecular weight excluding hydrogens is 324 g/mol. The van der Waals surface area contributed by atoms with E-state index in [-0.39, 0.29) is 0 Å². The van der Waals surface area contributed by atoms with Gasteiger partial charge in [0.15, 0.2) is 0 Å². The highest BCUT2D eigenvalue weighted by Gasteiger charge is 2.22. The topological polar surface area (TPSA) is 0 Å². The van der Waals surface area contributed by atoms with Crippen molar-refractivity contribution in [2.45, 2.75) is 57.3 Å². The second-order valence-electron chi connectivity index (χ2n) is 7.61. The van der Waals surface area contributed by atoms with Crippen molar-refractivity contribution in [1.29, 1.82) is 0 Å². The minimum absolute atomic E-state index is 0.585. The Kier molecular flexibility index (Phi) is 7.27. The fourth-order valence-electron chi connectivity index (χ4n) is 4.31. The fraction of sp³-hybridized carbons (Fsp3) is 0.333. The first kappa shape index (κ1) is 19.4. The predicted octanol–water partition coefficient (Wildman–Crippen LogP) is 7.94.